The van der Waals surface area contributed by atoms with Crippen LogP contribution in [-0.2, 0) is 14.9 Å². The fourth-order valence-corrected chi connectivity index (χ4v) is 3.49. The summed E-state index contributed by atoms with van der Waals surface area (Å²) in [5.74, 6) is -0.219. The fraction of sp³-hybridized carbons (Fsp3) is 0.857. The number of unbranched alkanes of at least 4 members (excludes halogenated alkanes) is 11. The minimum atomic E-state index is -3.75. The third-order valence-electron chi connectivity index (χ3n) is 4.40. The summed E-state index contributed by atoms with van der Waals surface area (Å²) in [6.07, 6.45) is 22.8. The van der Waals surface area contributed by atoms with Crippen LogP contribution in [0.3, 0.4) is 0 Å². The molecule has 0 atom stereocenters. The Morgan fingerprint density at radius 2 is 1.36 bits per heavy atom. The van der Waals surface area contributed by atoms with E-state index in [1.807, 2.05) is 0 Å². The standard InChI is InChI=1S/C18H33O.C3H9NO3S.Na/c1-2-3-4-5-6-7-8-9-10-11-12-13-14-15-16-17-18-19;1-4-2-3-8(5,6)7;/h9-10H,2-8,11-17H2,1H3;4H,2-3H2,1H3,(H,5,6,7);/b10-9-;;. The number of allylic oxidation sites excluding steroid dienone is 2. The summed E-state index contributed by atoms with van der Waals surface area (Å²) in [6, 6.07) is 0. The average Bonchev–Trinajstić information content (AvgIpc) is 2.63. The largest absolute Gasteiger partial charge is 0.319 e. The van der Waals surface area contributed by atoms with Crippen LogP contribution in [0.5, 0.6) is 0 Å². The van der Waals surface area contributed by atoms with Gasteiger partial charge in [-0.1, -0.05) is 39.0 Å². The van der Waals surface area contributed by atoms with Crippen LogP contribution >= 0.6 is 0 Å². The van der Waals surface area contributed by atoms with E-state index >= 15 is 0 Å². The van der Waals surface area contributed by atoms with Gasteiger partial charge < -0.3 is 5.32 Å². The number of hydrogen-bond acceptors (Lipinski definition) is 4. The van der Waals surface area contributed by atoms with Crippen LogP contribution in [0.1, 0.15) is 96.8 Å². The van der Waals surface area contributed by atoms with Gasteiger partial charge in [0.05, 0.1) is 5.75 Å². The molecule has 0 spiro atoms. The van der Waals surface area contributed by atoms with Gasteiger partial charge in [0.1, 0.15) is 0 Å². The quantitative estimate of drug-likeness (QED) is 0.142. The zero-order valence-corrected chi connectivity index (χ0v) is 21.4. The molecule has 0 aromatic rings. The van der Waals surface area contributed by atoms with E-state index in [2.05, 4.69) is 24.4 Å². The molecular weight excluding hydrogens is 385 g/mol. The summed E-state index contributed by atoms with van der Waals surface area (Å²) in [6.45, 7) is 2.56. The molecule has 162 valence electrons. The first kappa shape index (κ1) is 30.5. The minimum absolute atomic E-state index is 0.219. The molecule has 0 aromatic heterocycles. The molecule has 2 N–H and O–H groups in total. The summed E-state index contributed by atoms with van der Waals surface area (Å²) in [7, 11) is -2.13. The van der Waals surface area contributed by atoms with E-state index < -0.39 is 10.1 Å². The number of nitrogens with one attached hydrogen (secondary N) is 1. The Balaban J connectivity index is 0. The molecule has 0 rings (SSSR count). The molecule has 5 nitrogen and oxygen atoms in total. The molecule has 0 unspecified atom stereocenters. The third-order valence-corrected chi connectivity index (χ3v) is 5.62. The maximum atomic E-state index is 10.8. The van der Waals surface area contributed by atoms with Crippen molar-refractivity contribution in [3.05, 3.63) is 12.2 Å². The maximum Gasteiger partial charge on any atom is 0.266 e. The van der Waals surface area contributed by atoms with Gasteiger partial charge in [-0.05, 0) is 7.05 Å². The molecule has 0 aromatic carbocycles. The first-order chi connectivity index (χ1) is 13.3. The van der Waals surface area contributed by atoms with Gasteiger partial charge in [0.15, 0.2) is 0 Å². The van der Waals surface area contributed by atoms with Gasteiger partial charge in [-0.2, -0.15) is 8.42 Å². The summed E-state index contributed by atoms with van der Waals surface area (Å²) >= 11 is 0.742. The first-order valence-electron chi connectivity index (χ1n) is 11.1. The van der Waals surface area contributed by atoms with Crippen molar-refractivity contribution in [3.63, 3.8) is 0 Å². The van der Waals surface area contributed by atoms with Crippen LogP contribution in [-0.4, -0.2) is 63.3 Å². The van der Waals surface area contributed by atoms with E-state index in [1.54, 1.807) is 7.05 Å². The predicted molar refractivity (Wildman–Crippen MR) is 121 cm³/mol. The van der Waals surface area contributed by atoms with Crippen LogP contribution in [0.4, 0.5) is 0 Å². The summed E-state index contributed by atoms with van der Waals surface area (Å²) in [5, 5.41) is 2.59. The van der Waals surface area contributed by atoms with Crippen molar-refractivity contribution in [1.82, 2.24) is 5.32 Å². The van der Waals surface area contributed by atoms with E-state index in [0.717, 1.165) is 40.8 Å². The summed E-state index contributed by atoms with van der Waals surface area (Å²) in [4.78, 5) is 10.8. The number of hydrogen-bond donors (Lipinski definition) is 2. The van der Waals surface area contributed by atoms with Crippen LogP contribution in [0.2, 0.25) is 0 Å². The molecule has 0 amide bonds. The van der Waals surface area contributed by atoms with E-state index in [4.69, 9.17) is 4.55 Å². The van der Waals surface area contributed by atoms with Crippen LogP contribution in [0, 0.1) is 0 Å². The normalized spacial score (nSPS) is 11.5. The second-order valence-corrected chi connectivity index (χ2v) is 10.1. The van der Waals surface area contributed by atoms with Crippen molar-refractivity contribution in [2.75, 3.05) is 19.3 Å². The number of carbonyl (C=O) groups excluding carboxylic acids is 1. The minimum Gasteiger partial charge on any atom is -0.319 e. The van der Waals surface area contributed by atoms with Crippen molar-refractivity contribution in [2.24, 2.45) is 0 Å². The first-order valence-corrected chi connectivity index (χ1v) is 13.7. The maximum absolute atomic E-state index is 10.8. The van der Waals surface area contributed by atoms with E-state index in [9.17, 15) is 13.2 Å². The monoisotopic (exact) mass is 427 g/mol. The Bertz CT molecular complexity index is 467. The van der Waals surface area contributed by atoms with Gasteiger partial charge in [0.25, 0.3) is 10.1 Å². The van der Waals surface area contributed by atoms with Crippen molar-refractivity contribution < 1.29 is 17.8 Å². The topological polar surface area (TPSA) is 83.5 Å². The second kappa shape index (κ2) is 23.6. The summed E-state index contributed by atoms with van der Waals surface area (Å²) < 4.78 is 28.4. The molecule has 0 aliphatic heterocycles. The molecule has 0 saturated carbocycles. The molecule has 0 bridgehead atoms. The average molecular weight is 428 g/mol. The van der Waals surface area contributed by atoms with Crippen molar-refractivity contribution >= 4 is 41.1 Å². The number of rotatable bonds is 18. The Hall–Kier alpha value is 0.280. The molecular formula is C21H42NNaO4S. The zero-order chi connectivity index (χ0) is 21.5. The fourth-order valence-electron chi connectivity index (χ4n) is 2.68. The molecule has 0 aliphatic rings. The van der Waals surface area contributed by atoms with E-state index in [1.165, 1.54) is 77.0 Å². The van der Waals surface area contributed by atoms with Gasteiger partial charge in [-0.25, -0.2) is 0 Å². The Morgan fingerprint density at radius 3 is 1.75 bits per heavy atom. The molecule has 0 saturated heterocycles. The molecule has 28 heavy (non-hydrogen) atoms. The van der Waals surface area contributed by atoms with Crippen LogP contribution < -0.4 is 5.32 Å². The van der Waals surface area contributed by atoms with Gasteiger partial charge in [0.2, 0.25) is 0 Å². The Kier molecular flexibility index (Phi) is 25.6. The zero-order valence-electron chi connectivity index (χ0n) is 18.5. The molecule has 0 fully saturated rings. The summed E-state index contributed by atoms with van der Waals surface area (Å²) in [5.41, 5.74) is 0. The molecule has 0 aliphatic carbocycles. The molecule has 0 radical (unpaired) electrons. The van der Waals surface area contributed by atoms with Gasteiger partial charge in [-0.3, -0.25) is 4.55 Å². The predicted octanol–water partition coefficient (Wildman–Crippen LogP) is 4.81. The SMILES string of the molecule is CCCCCCCC/C=C\CCCCCCC[C](=O)[Na].CNCCS(=O)(=O)O. The van der Waals surface area contributed by atoms with Crippen molar-refractivity contribution in [3.8, 4) is 0 Å². The van der Waals surface area contributed by atoms with Gasteiger partial charge in [-0.15, -0.1) is 0 Å². The smallest absolute Gasteiger partial charge is 0.266 e. The molecule has 0 heterocycles. The van der Waals surface area contributed by atoms with Gasteiger partial charge >= 0.3 is 106 Å². The van der Waals surface area contributed by atoms with Crippen LogP contribution in [0.25, 0.3) is 0 Å². The number of carbonyl (C=O) groups is 1. The van der Waals surface area contributed by atoms with Crippen molar-refractivity contribution in [2.45, 2.75) is 96.8 Å². The van der Waals surface area contributed by atoms with Crippen LogP contribution in [0.15, 0.2) is 12.2 Å². The van der Waals surface area contributed by atoms with E-state index in [0.29, 0.717) is 9.58 Å². The van der Waals surface area contributed by atoms with Gasteiger partial charge in [0, 0.05) is 6.54 Å². The van der Waals surface area contributed by atoms with E-state index in [-0.39, 0.29) is 5.75 Å². The Morgan fingerprint density at radius 1 is 0.893 bits per heavy atom. The van der Waals surface area contributed by atoms with Crippen molar-refractivity contribution in [1.29, 1.82) is 0 Å². The Labute approximate surface area is 191 Å². The molecule has 7 heteroatoms. The second-order valence-electron chi connectivity index (χ2n) is 7.43. The third kappa shape index (κ3) is 33.8.